The number of rotatable bonds is 5. The van der Waals surface area contributed by atoms with Gasteiger partial charge in [-0.25, -0.2) is 0 Å². The Hall–Kier alpha value is -2.08. The quantitative estimate of drug-likeness (QED) is 0.771. The summed E-state index contributed by atoms with van der Waals surface area (Å²) in [5, 5.41) is 3.20. The van der Waals surface area contributed by atoms with Crippen molar-refractivity contribution < 1.29 is 9.59 Å². The van der Waals surface area contributed by atoms with E-state index < -0.39 is 0 Å². The van der Waals surface area contributed by atoms with Gasteiger partial charge in [0, 0.05) is 37.9 Å². The van der Waals surface area contributed by atoms with E-state index in [0.29, 0.717) is 43.7 Å². The zero-order chi connectivity index (χ0) is 19.2. The summed E-state index contributed by atoms with van der Waals surface area (Å²) in [4.78, 5) is 28.8. The Bertz CT molecular complexity index is 638. The van der Waals surface area contributed by atoms with Gasteiger partial charge < -0.3 is 16.0 Å². The van der Waals surface area contributed by atoms with Crippen molar-refractivity contribution in [1.29, 1.82) is 0 Å². The number of hydrogen-bond donors (Lipinski definition) is 2. The van der Waals surface area contributed by atoms with Gasteiger partial charge in [-0.3, -0.25) is 14.5 Å². The van der Waals surface area contributed by atoms with Crippen LogP contribution in [0.5, 0.6) is 0 Å². The third-order valence-corrected chi connectivity index (χ3v) is 5.73. The third kappa shape index (κ3) is 5.96. The van der Waals surface area contributed by atoms with Crippen molar-refractivity contribution in [1.82, 2.24) is 15.1 Å². The molecule has 1 aromatic rings. The van der Waals surface area contributed by atoms with E-state index in [9.17, 15) is 9.59 Å². The summed E-state index contributed by atoms with van der Waals surface area (Å²) >= 11 is 0. The van der Waals surface area contributed by atoms with E-state index in [1.165, 1.54) is 12.8 Å². The van der Waals surface area contributed by atoms with Crippen LogP contribution < -0.4 is 11.1 Å². The lowest BCUT2D eigenvalue weighted by atomic mass is 9.87. The van der Waals surface area contributed by atoms with Crippen LogP contribution in [-0.2, 0) is 16.0 Å². The number of nitrogens with one attached hydrogen (secondary N) is 1. The highest BCUT2D eigenvalue weighted by molar-refractivity contribution is 5.79. The molecule has 1 saturated heterocycles. The highest BCUT2D eigenvalue weighted by Crippen LogP contribution is 2.23. The van der Waals surface area contributed by atoms with E-state index in [1.807, 2.05) is 29.2 Å². The molecule has 2 unspecified atom stereocenters. The zero-order valence-corrected chi connectivity index (χ0v) is 16.3. The zero-order valence-electron chi connectivity index (χ0n) is 16.3. The Morgan fingerprint density at radius 3 is 2.48 bits per heavy atom. The van der Waals surface area contributed by atoms with Gasteiger partial charge in [-0.2, -0.15) is 0 Å². The molecule has 3 rings (SSSR count). The number of amides is 2. The smallest absolute Gasteiger partial charge is 0.234 e. The van der Waals surface area contributed by atoms with E-state index in [0.717, 1.165) is 31.5 Å². The lowest BCUT2D eigenvalue weighted by Crippen LogP contribution is -2.52. The molecule has 0 bridgehead atoms. The summed E-state index contributed by atoms with van der Waals surface area (Å²) in [6.07, 6.45) is 5.09. The molecule has 2 fully saturated rings. The van der Waals surface area contributed by atoms with Crippen LogP contribution in [0.25, 0.3) is 0 Å². The third-order valence-electron chi connectivity index (χ3n) is 5.73. The van der Waals surface area contributed by atoms with Gasteiger partial charge in [0.25, 0.3) is 0 Å². The SMILES string of the molecule is CC1CCCC(NC(=O)CN2CCN(C(=O)Cc3ccc(N)cc3)CC2)C1. The minimum atomic E-state index is 0.121. The molecule has 2 amide bonds. The molecule has 1 aromatic carbocycles. The monoisotopic (exact) mass is 372 g/mol. The lowest BCUT2D eigenvalue weighted by molar-refractivity contribution is -0.132. The molecule has 0 spiro atoms. The standard InChI is InChI=1S/C21H32N4O2/c1-16-3-2-4-19(13-16)23-20(26)15-24-9-11-25(12-10-24)21(27)14-17-5-7-18(22)8-6-17/h5-8,16,19H,2-4,9-15,22H2,1H3,(H,23,26). The number of anilines is 1. The molecule has 1 aliphatic heterocycles. The summed E-state index contributed by atoms with van der Waals surface area (Å²) < 4.78 is 0. The molecular formula is C21H32N4O2. The topological polar surface area (TPSA) is 78.7 Å². The summed E-state index contributed by atoms with van der Waals surface area (Å²) in [5.41, 5.74) is 7.38. The summed E-state index contributed by atoms with van der Waals surface area (Å²) in [6.45, 7) is 5.57. The van der Waals surface area contributed by atoms with Gasteiger partial charge >= 0.3 is 0 Å². The molecule has 1 aliphatic carbocycles. The first-order chi connectivity index (χ1) is 13.0. The predicted molar refractivity (Wildman–Crippen MR) is 107 cm³/mol. The highest BCUT2D eigenvalue weighted by atomic mass is 16.2. The van der Waals surface area contributed by atoms with Crippen LogP contribution in [0, 0.1) is 5.92 Å². The minimum Gasteiger partial charge on any atom is -0.399 e. The van der Waals surface area contributed by atoms with Crippen LogP contribution in [0.15, 0.2) is 24.3 Å². The van der Waals surface area contributed by atoms with E-state index in [1.54, 1.807) is 0 Å². The van der Waals surface area contributed by atoms with Gasteiger partial charge in [0.2, 0.25) is 11.8 Å². The van der Waals surface area contributed by atoms with E-state index in [2.05, 4.69) is 17.1 Å². The molecule has 1 saturated carbocycles. The van der Waals surface area contributed by atoms with Crippen LogP contribution >= 0.6 is 0 Å². The number of carbonyl (C=O) groups excluding carboxylic acids is 2. The number of hydrogen-bond acceptors (Lipinski definition) is 4. The molecule has 148 valence electrons. The molecule has 0 aromatic heterocycles. The molecule has 6 nitrogen and oxygen atoms in total. The molecule has 1 heterocycles. The first kappa shape index (κ1) is 19.7. The van der Waals surface area contributed by atoms with Gasteiger partial charge in [-0.15, -0.1) is 0 Å². The van der Waals surface area contributed by atoms with Gasteiger partial charge in [0.15, 0.2) is 0 Å². The Labute approximate surface area is 162 Å². The van der Waals surface area contributed by atoms with Gasteiger partial charge in [-0.05, 0) is 36.5 Å². The summed E-state index contributed by atoms with van der Waals surface area (Å²) in [6, 6.07) is 7.79. The van der Waals surface area contributed by atoms with Crippen LogP contribution in [0.3, 0.4) is 0 Å². The Balaban J connectivity index is 1.38. The van der Waals surface area contributed by atoms with Crippen molar-refractivity contribution in [3.63, 3.8) is 0 Å². The maximum absolute atomic E-state index is 12.5. The van der Waals surface area contributed by atoms with Crippen molar-refractivity contribution in [2.45, 2.75) is 45.1 Å². The van der Waals surface area contributed by atoms with Crippen molar-refractivity contribution >= 4 is 17.5 Å². The van der Waals surface area contributed by atoms with Gasteiger partial charge in [0.1, 0.15) is 0 Å². The highest BCUT2D eigenvalue weighted by Gasteiger charge is 2.24. The number of nitrogens with two attached hydrogens (primary N) is 1. The van der Waals surface area contributed by atoms with Crippen LogP contribution in [0.1, 0.15) is 38.2 Å². The normalized spacial score (nSPS) is 23.8. The molecular weight excluding hydrogens is 340 g/mol. The van der Waals surface area contributed by atoms with Crippen molar-refractivity contribution in [2.75, 3.05) is 38.5 Å². The lowest BCUT2D eigenvalue weighted by Gasteiger charge is -2.35. The summed E-state index contributed by atoms with van der Waals surface area (Å²) in [7, 11) is 0. The second kappa shape index (κ2) is 9.22. The Kier molecular flexibility index (Phi) is 6.72. The first-order valence-corrected chi connectivity index (χ1v) is 10.1. The Morgan fingerprint density at radius 2 is 1.81 bits per heavy atom. The number of piperazine rings is 1. The number of carbonyl (C=O) groups is 2. The van der Waals surface area contributed by atoms with E-state index >= 15 is 0 Å². The summed E-state index contributed by atoms with van der Waals surface area (Å²) in [5.74, 6) is 0.968. The van der Waals surface area contributed by atoms with Crippen LogP contribution in [0.4, 0.5) is 5.69 Å². The maximum atomic E-state index is 12.5. The van der Waals surface area contributed by atoms with Crippen LogP contribution in [0.2, 0.25) is 0 Å². The van der Waals surface area contributed by atoms with Crippen molar-refractivity contribution in [2.24, 2.45) is 5.92 Å². The van der Waals surface area contributed by atoms with E-state index in [-0.39, 0.29) is 11.8 Å². The average Bonchev–Trinajstić information content (AvgIpc) is 2.64. The maximum Gasteiger partial charge on any atom is 0.234 e. The number of nitrogen functional groups attached to an aromatic ring is 1. The average molecular weight is 373 g/mol. The minimum absolute atomic E-state index is 0.121. The van der Waals surface area contributed by atoms with Crippen LogP contribution in [-0.4, -0.2) is 60.4 Å². The Morgan fingerprint density at radius 1 is 1.11 bits per heavy atom. The fraction of sp³-hybridized carbons (Fsp3) is 0.619. The molecule has 27 heavy (non-hydrogen) atoms. The fourth-order valence-corrected chi connectivity index (χ4v) is 4.12. The second-order valence-electron chi connectivity index (χ2n) is 8.11. The molecule has 2 aliphatic rings. The molecule has 3 N–H and O–H groups in total. The molecule has 2 atom stereocenters. The van der Waals surface area contributed by atoms with Crippen molar-refractivity contribution in [3.8, 4) is 0 Å². The van der Waals surface area contributed by atoms with Gasteiger partial charge in [0.05, 0.1) is 13.0 Å². The van der Waals surface area contributed by atoms with Gasteiger partial charge in [-0.1, -0.05) is 31.9 Å². The van der Waals surface area contributed by atoms with Crippen molar-refractivity contribution in [3.05, 3.63) is 29.8 Å². The largest absolute Gasteiger partial charge is 0.399 e. The number of benzene rings is 1. The molecule has 0 radical (unpaired) electrons. The number of nitrogens with zero attached hydrogens (tertiary/aromatic N) is 2. The first-order valence-electron chi connectivity index (χ1n) is 10.1. The second-order valence-corrected chi connectivity index (χ2v) is 8.11. The fourth-order valence-electron chi connectivity index (χ4n) is 4.12. The molecule has 6 heteroatoms. The van der Waals surface area contributed by atoms with E-state index in [4.69, 9.17) is 5.73 Å². The predicted octanol–water partition coefficient (Wildman–Crippen LogP) is 1.65.